The van der Waals surface area contributed by atoms with E-state index in [0.717, 1.165) is 5.56 Å². The highest BCUT2D eigenvalue weighted by Gasteiger charge is 2.06. The van der Waals surface area contributed by atoms with Gasteiger partial charge in [-0.2, -0.15) is 0 Å². The molecular formula is C15H13Cl2FO2. The first-order chi connectivity index (χ1) is 9.63. The predicted molar refractivity (Wildman–Crippen MR) is 78.3 cm³/mol. The summed E-state index contributed by atoms with van der Waals surface area (Å²) in [6.07, 6.45) is 0. The van der Waals surface area contributed by atoms with E-state index in [2.05, 4.69) is 0 Å². The highest BCUT2D eigenvalue weighted by molar-refractivity contribution is 6.32. The van der Waals surface area contributed by atoms with Crippen LogP contribution < -0.4 is 9.47 Å². The predicted octanol–water partition coefficient (Wildman–Crippen LogP) is 4.81. The van der Waals surface area contributed by atoms with Gasteiger partial charge in [-0.05, 0) is 35.4 Å². The van der Waals surface area contributed by atoms with Crippen LogP contribution >= 0.6 is 23.2 Å². The summed E-state index contributed by atoms with van der Waals surface area (Å²) >= 11 is 11.8. The number of ether oxygens (including phenoxy) is 2. The van der Waals surface area contributed by atoms with E-state index in [0.29, 0.717) is 22.2 Å². The summed E-state index contributed by atoms with van der Waals surface area (Å²) in [4.78, 5) is 0. The average Bonchev–Trinajstić information content (AvgIpc) is 2.46. The maximum absolute atomic E-state index is 13.5. The largest absolute Gasteiger partial charge is 0.494 e. The summed E-state index contributed by atoms with van der Waals surface area (Å²) in [5.41, 5.74) is 1.61. The van der Waals surface area contributed by atoms with Crippen molar-refractivity contribution >= 4 is 23.2 Å². The molecule has 5 heteroatoms. The molecular weight excluding hydrogens is 302 g/mol. The van der Waals surface area contributed by atoms with Crippen molar-refractivity contribution in [3.05, 3.63) is 58.4 Å². The van der Waals surface area contributed by atoms with Crippen LogP contribution in [0.3, 0.4) is 0 Å². The Hall–Kier alpha value is -1.45. The van der Waals surface area contributed by atoms with Crippen LogP contribution in [-0.4, -0.2) is 7.11 Å². The van der Waals surface area contributed by atoms with Crippen LogP contribution in [0.1, 0.15) is 11.1 Å². The normalized spacial score (nSPS) is 10.4. The highest BCUT2D eigenvalue weighted by atomic mass is 35.5. The molecule has 20 heavy (non-hydrogen) atoms. The Balaban J connectivity index is 2.07. The van der Waals surface area contributed by atoms with Crippen LogP contribution in [0.4, 0.5) is 4.39 Å². The third-order valence-electron chi connectivity index (χ3n) is 2.76. The van der Waals surface area contributed by atoms with Gasteiger partial charge >= 0.3 is 0 Å². The monoisotopic (exact) mass is 314 g/mol. The molecule has 2 aromatic rings. The number of methoxy groups -OCH3 is 1. The average molecular weight is 315 g/mol. The molecule has 0 spiro atoms. The molecule has 0 aromatic heterocycles. The zero-order valence-corrected chi connectivity index (χ0v) is 12.3. The van der Waals surface area contributed by atoms with Gasteiger partial charge in [0, 0.05) is 5.88 Å². The number of halogens is 3. The summed E-state index contributed by atoms with van der Waals surface area (Å²) in [5, 5.41) is 0.483. The maximum atomic E-state index is 13.5. The lowest BCUT2D eigenvalue weighted by molar-refractivity contribution is 0.305. The lowest BCUT2D eigenvalue weighted by atomic mass is 10.2. The van der Waals surface area contributed by atoms with Crippen molar-refractivity contribution in [1.82, 2.24) is 0 Å². The van der Waals surface area contributed by atoms with Crippen molar-refractivity contribution in [2.45, 2.75) is 12.5 Å². The van der Waals surface area contributed by atoms with Crippen molar-refractivity contribution in [2.75, 3.05) is 7.11 Å². The summed E-state index contributed by atoms with van der Waals surface area (Å²) in [5.74, 6) is 0.719. The Labute approximate surface area is 127 Å². The topological polar surface area (TPSA) is 18.5 Å². The SMILES string of the molecule is COc1ccc(COc2ccc(CCl)cc2Cl)cc1F. The van der Waals surface area contributed by atoms with Crippen LogP contribution in [0, 0.1) is 5.82 Å². The van der Waals surface area contributed by atoms with Gasteiger partial charge in [-0.25, -0.2) is 4.39 Å². The molecule has 0 bridgehead atoms. The van der Waals surface area contributed by atoms with E-state index >= 15 is 0 Å². The van der Waals surface area contributed by atoms with E-state index in [1.165, 1.54) is 13.2 Å². The third-order valence-corrected chi connectivity index (χ3v) is 3.37. The second-order valence-corrected chi connectivity index (χ2v) is 4.83. The van der Waals surface area contributed by atoms with Crippen LogP contribution in [0.15, 0.2) is 36.4 Å². The van der Waals surface area contributed by atoms with Crippen molar-refractivity contribution in [3.8, 4) is 11.5 Å². The number of alkyl halides is 1. The molecule has 0 aliphatic heterocycles. The lowest BCUT2D eigenvalue weighted by Crippen LogP contribution is -1.98. The molecule has 0 N–H and O–H groups in total. The van der Waals surface area contributed by atoms with E-state index < -0.39 is 5.82 Å². The van der Waals surface area contributed by atoms with Gasteiger partial charge in [0.25, 0.3) is 0 Å². The zero-order valence-electron chi connectivity index (χ0n) is 10.8. The third kappa shape index (κ3) is 3.56. The maximum Gasteiger partial charge on any atom is 0.165 e. The molecule has 0 atom stereocenters. The second-order valence-electron chi connectivity index (χ2n) is 4.16. The van der Waals surface area contributed by atoms with Crippen LogP contribution in [0.25, 0.3) is 0 Å². The van der Waals surface area contributed by atoms with E-state index in [-0.39, 0.29) is 12.4 Å². The van der Waals surface area contributed by atoms with Crippen LogP contribution in [-0.2, 0) is 12.5 Å². The first-order valence-corrected chi connectivity index (χ1v) is 6.85. The van der Waals surface area contributed by atoms with Gasteiger partial charge in [-0.15, -0.1) is 11.6 Å². The molecule has 0 aliphatic carbocycles. The Morgan fingerprint density at radius 1 is 1.05 bits per heavy atom. The smallest absolute Gasteiger partial charge is 0.165 e. The van der Waals surface area contributed by atoms with Crippen molar-refractivity contribution in [2.24, 2.45) is 0 Å². The molecule has 0 aliphatic rings. The zero-order chi connectivity index (χ0) is 14.5. The molecule has 106 valence electrons. The summed E-state index contributed by atoms with van der Waals surface area (Å²) in [7, 11) is 1.42. The fourth-order valence-electron chi connectivity index (χ4n) is 1.71. The molecule has 2 nitrogen and oxygen atoms in total. The van der Waals surface area contributed by atoms with Gasteiger partial charge in [-0.1, -0.05) is 23.7 Å². The van der Waals surface area contributed by atoms with Crippen LogP contribution in [0.5, 0.6) is 11.5 Å². The molecule has 0 heterocycles. The Morgan fingerprint density at radius 3 is 2.35 bits per heavy atom. The molecule has 0 fully saturated rings. The van der Waals surface area contributed by atoms with Gasteiger partial charge in [-0.3, -0.25) is 0 Å². The Bertz CT molecular complexity index is 602. The minimum atomic E-state index is -0.419. The fourth-order valence-corrected chi connectivity index (χ4v) is 2.13. The van der Waals surface area contributed by atoms with Gasteiger partial charge in [0.05, 0.1) is 12.1 Å². The van der Waals surface area contributed by atoms with Crippen molar-refractivity contribution in [3.63, 3.8) is 0 Å². The molecule has 0 unspecified atom stereocenters. The summed E-state index contributed by atoms with van der Waals surface area (Å²) in [6, 6.07) is 10.0. The summed E-state index contributed by atoms with van der Waals surface area (Å²) in [6.45, 7) is 0.223. The first-order valence-electron chi connectivity index (χ1n) is 5.93. The van der Waals surface area contributed by atoms with Gasteiger partial charge < -0.3 is 9.47 Å². The molecule has 0 amide bonds. The van der Waals surface area contributed by atoms with Crippen molar-refractivity contribution < 1.29 is 13.9 Å². The van der Waals surface area contributed by atoms with E-state index in [1.807, 2.05) is 6.07 Å². The molecule has 0 radical (unpaired) electrons. The number of hydrogen-bond acceptors (Lipinski definition) is 2. The lowest BCUT2D eigenvalue weighted by Gasteiger charge is -2.10. The van der Waals surface area contributed by atoms with Crippen molar-refractivity contribution in [1.29, 1.82) is 0 Å². The summed E-state index contributed by atoms with van der Waals surface area (Å²) < 4.78 is 24.0. The van der Waals surface area contributed by atoms with Gasteiger partial charge in [0.15, 0.2) is 11.6 Å². The molecule has 2 rings (SSSR count). The fraction of sp³-hybridized carbons (Fsp3) is 0.200. The number of hydrogen-bond donors (Lipinski definition) is 0. The standard InChI is InChI=1S/C15H13Cl2FO2/c1-19-15-5-3-11(7-13(15)18)9-20-14-4-2-10(8-16)6-12(14)17/h2-7H,8-9H2,1H3. The number of benzene rings is 2. The Kier molecular flexibility index (Phi) is 5.10. The quantitative estimate of drug-likeness (QED) is 0.738. The second kappa shape index (κ2) is 6.82. The van der Waals surface area contributed by atoms with E-state index in [4.69, 9.17) is 32.7 Å². The molecule has 0 saturated carbocycles. The number of rotatable bonds is 5. The first kappa shape index (κ1) is 14.9. The van der Waals surface area contributed by atoms with Gasteiger partial charge in [0.1, 0.15) is 12.4 Å². The van der Waals surface area contributed by atoms with E-state index in [1.54, 1.807) is 24.3 Å². The minimum absolute atomic E-state index is 0.207. The van der Waals surface area contributed by atoms with E-state index in [9.17, 15) is 4.39 Å². The molecule has 0 saturated heterocycles. The van der Waals surface area contributed by atoms with Gasteiger partial charge in [0.2, 0.25) is 0 Å². The molecule has 2 aromatic carbocycles. The Morgan fingerprint density at radius 2 is 1.75 bits per heavy atom. The minimum Gasteiger partial charge on any atom is -0.494 e. The highest BCUT2D eigenvalue weighted by Crippen LogP contribution is 2.27. The van der Waals surface area contributed by atoms with Crippen LogP contribution in [0.2, 0.25) is 5.02 Å².